The van der Waals surface area contributed by atoms with Crippen molar-refractivity contribution >= 4 is 82.5 Å². The SMILES string of the molecule is c1ccc(-c2cc(-c3cccc4oc5ccccc5c34)ccc2N(c2ccccc2)c2ccc3ccc4cc5oc6ccccc6c5cc4c3c2)cc1. The van der Waals surface area contributed by atoms with Gasteiger partial charge in [0, 0.05) is 38.5 Å². The highest BCUT2D eigenvalue weighted by atomic mass is 16.3. The molecule has 0 saturated heterocycles. The van der Waals surface area contributed by atoms with E-state index in [-0.39, 0.29) is 0 Å². The molecule has 11 rings (SSSR count). The third-order valence-electron chi connectivity index (χ3n) is 10.6. The molecule has 0 unspecified atom stereocenters. The number of hydrogen-bond acceptors (Lipinski definition) is 3. The summed E-state index contributed by atoms with van der Waals surface area (Å²) in [6, 6.07) is 67.0. The first-order valence-electron chi connectivity index (χ1n) is 18.0. The van der Waals surface area contributed by atoms with Crippen molar-refractivity contribution in [2.75, 3.05) is 4.90 Å². The largest absolute Gasteiger partial charge is 0.456 e. The molecular formula is C50H31NO2. The Labute approximate surface area is 305 Å². The van der Waals surface area contributed by atoms with Crippen LogP contribution in [-0.4, -0.2) is 0 Å². The minimum atomic E-state index is 0.893. The predicted octanol–water partition coefficient (Wildman–Crippen LogP) is 14.6. The molecule has 0 fully saturated rings. The van der Waals surface area contributed by atoms with E-state index < -0.39 is 0 Å². The topological polar surface area (TPSA) is 29.5 Å². The Morgan fingerprint density at radius 2 is 0.981 bits per heavy atom. The Kier molecular flexibility index (Phi) is 6.55. The fourth-order valence-corrected chi connectivity index (χ4v) is 8.17. The molecule has 3 nitrogen and oxygen atoms in total. The van der Waals surface area contributed by atoms with Gasteiger partial charge in [-0.3, -0.25) is 0 Å². The highest BCUT2D eigenvalue weighted by Crippen LogP contribution is 2.45. The molecule has 2 aromatic heterocycles. The number of anilines is 3. The molecule has 53 heavy (non-hydrogen) atoms. The number of furan rings is 2. The quantitative estimate of drug-likeness (QED) is 0.170. The summed E-state index contributed by atoms with van der Waals surface area (Å²) in [5.74, 6) is 0. The van der Waals surface area contributed by atoms with Crippen molar-refractivity contribution in [3.05, 3.63) is 188 Å². The molecular weight excluding hydrogens is 647 g/mol. The second-order valence-corrected chi connectivity index (χ2v) is 13.7. The summed E-state index contributed by atoms with van der Waals surface area (Å²) in [4.78, 5) is 2.39. The van der Waals surface area contributed by atoms with Gasteiger partial charge in [-0.1, -0.05) is 121 Å². The average molecular weight is 678 g/mol. The molecule has 0 amide bonds. The van der Waals surface area contributed by atoms with Crippen LogP contribution in [-0.2, 0) is 0 Å². The second kappa shape index (κ2) is 11.7. The van der Waals surface area contributed by atoms with Crippen LogP contribution in [0.25, 0.3) is 87.7 Å². The maximum absolute atomic E-state index is 6.30. The number of para-hydroxylation sites is 3. The molecule has 0 atom stereocenters. The van der Waals surface area contributed by atoms with Gasteiger partial charge in [0.1, 0.15) is 22.3 Å². The Balaban J connectivity index is 1.15. The molecule has 9 aromatic carbocycles. The van der Waals surface area contributed by atoms with Crippen LogP contribution in [0.4, 0.5) is 17.1 Å². The maximum atomic E-state index is 6.30. The van der Waals surface area contributed by atoms with Crippen LogP contribution in [0.15, 0.2) is 197 Å². The molecule has 0 N–H and O–H groups in total. The molecule has 3 heteroatoms. The summed E-state index contributed by atoms with van der Waals surface area (Å²) < 4.78 is 12.6. The van der Waals surface area contributed by atoms with Crippen molar-refractivity contribution in [1.29, 1.82) is 0 Å². The molecule has 248 valence electrons. The van der Waals surface area contributed by atoms with Gasteiger partial charge < -0.3 is 13.7 Å². The van der Waals surface area contributed by atoms with E-state index >= 15 is 0 Å². The highest BCUT2D eigenvalue weighted by molar-refractivity contribution is 6.17. The first-order chi connectivity index (χ1) is 26.3. The number of nitrogens with zero attached hydrogens (tertiary/aromatic N) is 1. The normalized spacial score (nSPS) is 11.8. The molecule has 0 saturated carbocycles. The van der Waals surface area contributed by atoms with Crippen molar-refractivity contribution in [3.63, 3.8) is 0 Å². The third kappa shape index (κ3) is 4.75. The number of rotatable bonds is 5. The standard InChI is InChI=1S/C50H31NO2/c1-3-12-32(13-4-1)43-28-34(38-18-11-21-48-50(38)40-17-8-10-20-47(40)52-48)25-27-45(43)51(36-14-5-2-6-15-36)37-26-24-33-22-23-35-29-49-44(31-42(35)41(33)30-37)39-16-7-9-19-46(39)53-49/h1-31H. The van der Waals surface area contributed by atoms with Gasteiger partial charge >= 0.3 is 0 Å². The van der Waals surface area contributed by atoms with Crippen LogP contribution in [0.2, 0.25) is 0 Å². The summed E-state index contributed by atoms with van der Waals surface area (Å²) in [5.41, 5.74) is 11.5. The first-order valence-corrected chi connectivity index (χ1v) is 18.0. The van der Waals surface area contributed by atoms with Crippen LogP contribution >= 0.6 is 0 Å². The van der Waals surface area contributed by atoms with E-state index in [1.807, 2.05) is 24.3 Å². The van der Waals surface area contributed by atoms with Crippen LogP contribution in [0.5, 0.6) is 0 Å². The van der Waals surface area contributed by atoms with E-state index in [0.717, 1.165) is 88.6 Å². The molecule has 0 aliphatic carbocycles. The average Bonchev–Trinajstić information content (AvgIpc) is 3.79. The first kappa shape index (κ1) is 29.6. The van der Waals surface area contributed by atoms with Gasteiger partial charge in [0.05, 0.1) is 5.69 Å². The van der Waals surface area contributed by atoms with E-state index in [2.05, 4.69) is 169 Å². The van der Waals surface area contributed by atoms with E-state index in [1.54, 1.807) is 0 Å². The molecule has 0 aliphatic heterocycles. The highest BCUT2D eigenvalue weighted by Gasteiger charge is 2.21. The van der Waals surface area contributed by atoms with Crippen LogP contribution < -0.4 is 4.90 Å². The molecule has 11 aromatic rings. The van der Waals surface area contributed by atoms with Gasteiger partial charge in [0.25, 0.3) is 0 Å². The Bertz CT molecular complexity index is 3170. The lowest BCUT2D eigenvalue weighted by Crippen LogP contribution is -2.11. The van der Waals surface area contributed by atoms with Crippen molar-refractivity contribution in [2.45, 2.75) is 0 Å². The lowest BCUT2D eigenvalue weighted by molar-refractivity contribution is 0.669. The fraction of sp³-hybridized carbons (Fsp3) is 0. The van der Waals surface area contributed by atoms with Crippen LogP contribution in [0, 0.1) is 0 Å². The smallest absolute Gasteiger partial charge is 0.136 e. The zero-order valence-electron chi connectivity index (χ0n) is 28.7. The minimum Gasteiger partial charge on any atom is -0.456 e. The van der Waals surface area contributed by atoms with E-state index in [1.165, 1.54) is 16.2 Å². The monoisotopic (exact) mass is 677 g/mol. The summed E-state index contributed by atoms with van der Waals surface area (Å²) in [7, 11) is 0. The van der Waals surface area contributed by atoms with Crippen molar-refractivity contribution in [1.82, 2.24) is 0 Å². The number of fused-ring (bicyclic) bond motifs is 9. The molecule has 0 radical (unpaired) electrons. The summed E-state index contributed by atoms with van der Waals surface area (Å²) in [6.07, 6.45) is 0. The van der Waals surface area contributed by atoms with E-state index in [4.69, 9.17) is 8.83 Å². The molecule has 0 aliphatic rings. The van der Waals surface area contributed by atoms with Crippen LogP contribution in [0.1, 0.15) is 0 Å². The van der Waals surface area contributed by atoms with Gasteiger partial charge in [-0.15, -0.1) is 0 Å². The number of hydrogen-bond donors (Lipinski definition) is 0. The van der Waals surface area contributed by atoms with Crippen molar-refractivity contribution in [2.24, 2.45) is 0 Å². The van der Waals surface area contributed by atoms with Crippen LogP contribution in [0.3, 0.4) is 0 Å². The zero-order chi connectivity index (χ0) is 34.9. The van der Waals surface area contributed by atoms with Crippen molar-refractivity contribution in [3.8, 4) is 22.3 Å². The van der Waals surface area contributed by atoms with E-state index in [0.29, 0.717) is 0 Å². The summed E-state index contributed by atoms with van der Waals surface area (Å²) >= 11 is 0. The van der Waals surface area contributed by atoms with Crippen molar-refractivity contribution < 1.29 is 8.83 Å². The second-order valence-electron chi connectivity index (χ2n) is 13.7. The summed E-state index contributed by atoms with van der Waals surface area (Å²) in [5, 5.41) is 9.28. The van der Waals surface area contributed by atoms with Gasteiger partial charge in [-0.05, 0) is 105 Å². The zero-order valence-corrected chi connectivity index (χ0v) is 28.7. The third-order valence-corrected chi connectivity index (χ3v) is 10.6. The Morgan fingerprint density at radius 3 is 1.83 bits per heavy atom. The predicted molar refractivity (Wildman–Crippen MR) is 222 cm³/mol. The molecule has 2 heterocycles. The summed E-state index contributed by atoms with van der Waals surface area (Å²) in [6.45, 7) is 0. The molecule has 0 spiro atoms. The van der Waals surface area contributed by atoms with Gasteiger partial charge in [-0.25, -0.2) is 0 Å². The lowest BCUT2D eigenvalue weighted by Gasteiger charge is -2.29. The molecule has 0 bridgehead atoms. The van der Waals surface area contributed by atoms with Gasteiger partial charge in [0.2, 0.25) is 0 Å². The van der Waals surface area contributed by atoms with E-state index in [9.17, 15) is 0 Å². The minimum absolute atomic E-state index is 0.893. The fourth-order valence-electron chi connectivity index (χ4n) is 8.17. The maximum Gasteiger partial charge on any atom is 0.136 e. The lowest BCUT2D eigenvalue weighted by atomic mass is 9.93. The Hall–Kier alpha value is -7.10. The van der Waals surface area contributed by atoms with Gasteiger partial charge in [0.15, 0.2) is 0 Å². The Morgan fingerprint density at radius 1 is 0.321 bits per heavy atom. The number of benzene rings is 9. The van der Waals surface area contributed by atoms with Gasteiger partial charge in [-0.2, -0.15) is 0 Å².